The quantitative estimate of drug-likeness (QED) is 0.781. The molecule has 0 saturated heterocycles. The molecule has 0 spiro atoms. The number of hydrogen-bond acceptors (Lipinski definition) is 3. The molecular weight excluding hydrogens is 247 g/mol. The Morgan fingerprint density at radius 2 is 1.81 bits per heavy atom. The van der Waals surface area contributed by atoms with E-state index in [9.17, 15) is 21.6 Å². The molecule has 1 unspecified atom stereocenters. The molecule has 2 N–H and O–H groups in total. The Hall–Kier alpha value is -0.340. The van der Waals surface area contributed by atoms with E-state index in [1.54, 1.807) is 13.8 Å². The Labute approximate surface area is 93.0 Å². The molecule has 98 valence electrons. The minimum atomic E-state index is -4.40. The summed E-state index contributed by atoms with van der Waals surface area (Å²) in [6.45, 7) is 1.76. The SMILES string of the molecule is CC(C)C(COCC(F)(F)F)CS(N)(=O)=O. The van der Waals surface area contributed by atoms with Crippen LogP contribution in [0.15, 0.2) is 0 Å². The molecule has 0 aromatic carbocycles. The lowest BCUT2D eigenvalue weighted by atomic mass is 9.99. The third-order valence-electron chi connectivity index (χ3n) is 1.99. The van der Waals surface area contributed by atoms with Gasteiger partial charge in [0.25, 0.3) is 0 Å². The van der Waals surface area contributed by atoms with Crippen LogP contribution in [0.3, 0.4) is 0 Å². The fourth-order valence-electron chi connectivity index (χ4n) is 1.06. The van der Waals surface area contributed by atoms with Crippen LogP contribution in [0, 0.1) is 11.8 Å². The molecule has 0 aromatic heterocycles. The molecule has 0 aliphatic carbocycles. The number of primary sulfonamides is 1. The highest BCUT2D eigenvalue weighted by molar-refractivity contribution is 7.89. The lowest BCUT2D eigenvalue weighted by Crippen LogP contribution is -2.30. The average Bonchev–Trinajstić information content (AvgIpc) is 1.97. The van der Waals surface area contributed by atoms with Crippen molar-refractivity contribution >= 4 is 10.0 Å². The highest BCUT2D eigenvalue weighted by Gasteiger charge is 2.29. The number of alkyl halides is 3. The summed E-state index contributed by atoms with van der Waals surface area (Å²) in [6.07, 6.45) is -4.40. The van der Waals surface area contributed by atoms with Gasteiger partial charge in [-0.1, -0.05) is 13.8 Å². The van der Waals surface area contributed by atoms with E-state index >= 15 is 0 Å². The van der Waals surface area contributed by atoms with E-state index in [2.05, 4.69) is 4.74 Å². The maximum absolute atomic E-state index is 11.8. The second-order valence-electron chi connectivity index (χ2n) is 3.96. The summed E-state index contributed by atoms with van der Waals surface area (Å²) in [6, 6.07) is 0. The van der Waals surface area contributed by atoms with Crippen molar-refractivity contribution in [2.24, 2.45) is 17.0 Å². The number of rotatable bonds is 6. The van der Waals surface area contributed by atoms with E-state index in [4.69, 9.17) is 5.14 Å². The average molecular weight is 263 g/mol. The molecule has 0 amide bonds. The van der Waals surface area contributed by atoms with Crippen LogP contribution in [0.1, 0.15) is 13.8 Å². The second-order valence-corrected chi connectivity index (χ2v) is 5.62. The maximum atomic E-state index is 11.8. The monoisotopic (exact) mass is 263 g/mol. The number of sulfonamides is 1. The van der Waals surface area contributed by atoms with Crippen LogP contribution in [-0.4, -0.2) is 33.6 Å². The number of ether oxygens (including phenoxy) is 1. The van der Waals surface area contributed by atoms with Gasteiger partial charge in [0.15, 0.2) is 0 Å². The van der Waals surface area contributed by atoms with Gasteiger partial charge < -0.3 is 4.74 Å². The molecule has 0 aliphatic rings. The van der Waals surface area contributed by atoms with Gasteiger partial charge in [-0.2, -0.15) is 13.2 Å². The summed E-state index contributed by atoms with van der Waals surface area (Å²) in [5.41, 5.74) is 0. The minimum Gasteiger partial charge on any atom is -0.372 e. The summed E-state index contributed by atoms with van der Waals surface area (Å²) in [7, 11) is -3.70. The molecule has 0 saturated carbocycles. The maximum Gasteiger partial charge on any atom is 0.411 e. The van der Waals surface area contributed by atoms with Gasteiger partial charge in [0.1, 0.15) is 6.61 Å². The summed E-state index contributed by atoms with van der Waals surface area (Å²) >= 11 is 0. The molecule has 0 radical (unpaired) electrons. The topological polar surface area (TPSA) is 69.4 Å². The normalized spacial score (nSPS) is 15.4. The van der Waals surface area contributed by atoms with Crippen LogP contribution in [0.5, 0.6) is 0 Å². The zero-order valence-electron chi connectivity index (χ0n) is 9.12. The molecule has 0 aromatic rings. The Morgan fingerprint density at radius 3 is 2.12 bits per heavy atom. The molecule has 16 heavy (non-hydrogen) atoms. The van der Waals surface area contributed by atoms with Crippen LogP contribution >= 0.6 is 0 Å². The Bertz CT molecular complexity index is 300. The van der Waals surface area contributed by atoms with E-state index < -0.39 is 28.7 Å². The lowest BCUT2D eigenvalue weighted by Gasteiger charge is -2.20. The molecule has 4 nitrogen and oxygen atoms in total. The molecule has 8 heteroatoms. The van der Waals surface area contributed by atoms with Crippen molar-refractivity contribution in [1.82, 2.24) is 0 Å². The predicted molar refractivity (Wildman–Crippen MR) is 53.2 cm³/mol. The Balaban J connectivity index is 4.16. The van der Waals surface area contributed by atoms with Crippen LogP contribution in [0.2, 0.25) is 0 Å². The van der Waals surface area contributed by atoms with Gasteiger partial charge in [0.05, 0.1) is 12.4 Å². The fourth-order valence-corrected chi connectivity index (χ4v) is 2.14. The summed E-state index contributed by atoms with van der Waals surface area (Å²) in [5.74, 6) is -1.02. The first-order chi connectivity index (χ1) is 7.01. The zero-order chi connectivity index (χ0) is 13.0. The smallest absolute Gasteiger partial charge is 0.372 e. The standard InChI is InChI=1S/C8H16F3NO3S/c1-6(2)7(4-16(12,13)14)3-15-5-8(9,10)11/h6-7H,3-5H2,1-2H3,(H2,12,13,14). The van der Waals surface area contributed by atoms with Gasteiger partial charge in [0, 0.05) is 0 Å². The van der Waals surface area contributed by atoms with Crippen molar-refractivity contribution in [3.63, 3.8) is 0 Å². The first kappa shape index (κ1) is 15.7. The number of nitrogens with two attached hydrogens (primary N) is 1. The van der Waals surface area contributed by atoms with Gasteiger partial charge in [-0.25, -0.2) is 13.6 Å². The van der Waals surface area contributed by atoms with E-state index in [0.717, 1.165) is 0 Å². The Kier molecular flexibility index (Phi) is 5.71. The van der Waals surface area contributed by atoms with Crippen LogP contribution in [-0.2, 0) is 14.8 Å². The minimum absolute atomic E-state index is 0.119. The van der Waals surface area contributed by atoms with E-state index in [-0.39, 0.29) is 18.3 Å². The first-order valence-electron chi connectivity index (χ1n) is 4.66. The van der Waals surface area contributed by atoms with Crippen molar-refractivity contribution < 1.29 is 26.3 Å². The highest BCUT2D eigenvalue weighted by atomic mass is 32.2. The van der Waals surface area contributed by atoms with E-state index in [0.29, 0.717) is 0 Å². The van der Waals surface area contributed by atoms with Crippen molar-refractivity contribution in [2.45, 2.75) is 20.0 Å². The fraction of sp³-hybridized carbons (Fsp3) is 1.00. The summed E-state index contributed by atoms with van der Waals surface area (Å²) in [5, 5.41) is 4.83. The zero-order valence-corrected chi connectivity index (χ0v) is 9.94. The van der Waals surface area contributed by atoms with Crippen LogP contribution in [0.25, 0.3) is 0 Å². The lowest BCUT2D eigenvalue weighted by molar-refractivity contribution is -0.176. The van der Waals surface area contributed by atoms with Gasteiger partial charge in [0.2, 0.25) is 10.0 Å². The summed E-state index contributed by atoms with van der Waals surface area (Å²) < 4.78 is 61.4. The van der Waals surface area contributed by atoms with Crippen LogP contribution in [0.4, 0.5) is 13.2 Å². The third-order valence-corrected chi connectivity index (χ3v) is 2.88. The van der Waals surface area contributed by atoms with Gasteiger partial charge in [-0.15, -0.1) is 0 Å². The molecule has 0 fully saturated rings. The van der Waals surface area contributed by atoms with E-state index in [1.807, 2.05) is 0 Å². The van der Waals surface area contributed by atoms with Crippen molar-refractivity contribution in [2.75, 3.05) is 19.0 Å². The molecule has 0 rings (SSSR count). The highest BCUT2D eigenvalue weighted by Crippen LogP contribution is 2.17. The Morgan fingerprint density at radius 1 is 1.31 bits per heavy atom. The van der Waals surface area contributed by atoms with Crippen molar-refractivity contribution in [1.29, 1.82) is 0 Å². The largest absolute Gasteiger partial charge is 0.411 e. The number of hydrogen-bond donors (Lipinski definition) is 1. The second kappa shape index (κ2) is 5.83. The van der Waals surface area contributed by atoms with Gasteiger partial charge in [-0.3, -0.25) is 0 Å². The molecule has 1 atom stereocenters. The third kappa shape index (κ3) is 8.93. The van der Waals surface area contributed by atoms with Crippen molar-refractivity contribution in [3.8, 4) is 0 Å². The molecule has 0 aliphatic heterocycles. The van der Waals surface area contributed by atoms with Gasteiger partial charge in [-0.05, 0) is 11.8 Å². The number of halogens is 3. The molecule has 0 heterocycles. The molecular formula is C8H16F3NO3S. The van der Waals surface area contributed by atoms with Crippen LogP contribution < -0.4 is 5.14 Å². The van der Waals surface area contributed by atoms with E-state index in [1.165, 1.54) is 0 Å². The van der Waals surface area contributed by atoms with Crippen molar-refractivity contribution in [3.05, 3.63) is 0 Å². The summed E-state index contributed by atoms with van der Waals surface area (Å²) in [4.78, 5) is 0. The van der Waals surface area contributed by atoms with Gasteiger partial charge >= 0.3 is 6.18 Å². The predicted octanol–water partition coefficient (Wildman–Crippen LogP) is 1.13. The first-order valence-corrected chi connectivity index (χ1v) is 6.38. The molecule has 0 bridgehead atoms.